The Morgan fingerprint density at radius 3 is 2.36 bits per heavy atom. The molecule has 18 nitrogen and oxygen atoms in total. The first-order valence-electron chi connectivity index (χ1n) is 21.4. The van der Waals surface area contributed by atoms with Crippen LogP contribution in [0, 0.1) is 23.7 Å². The van der Waals surface area contributed by atoms with E-state index in [9.17, 15) is 30.0 Å². The van der Waals surface area contributed by atoms with Crippen LogP contribution in [0.5, 0.6) is 0 Å². The third kappa shape index (κ3) is 13.0. The topological polar surface area (TPSA) is 226 Å². The van der Waals surface area contributed by atoms with Crippen LogP contribution >= 0.6 is 0 Å². The maximum absolute atomic E-state index is 13.9. The van der Waals surface area contributed by atoms with Crippen LogP contribution < -0.4 is 5.32 Å². The van der Waals surface area contributed by atoms with Gasteiger partial charge in [-0.2, -0.15) is 0 Å². The number of ketones is 1. The number of nitrogens with zero attached hydrogens (tertiary/aromatic N) is 4. The summed E-state index contributed by atoms with van der Waals surface area (Å²) in [6.07, 6.45) is -1.90. The van der Waals surface area contributed by atoms with Gasteiger partial charge in [-0.25, -0.2) is 0 Å². The van der Waals surface area contributed by atoms with Gasteiger partial charge in [0.25, 0.3) is 0 Å². The molecule has 3 unspecified atom stereocenters. The summed E-state index contributed by atoms with van der Waals surface area (Å²) in [5.74, 6) is -2.81. The van der Waals surface area contributed by atoms with Crippen LogP contribution in [-0.2, 0) is 55.8 Å². The third-order valence-corrected chi connectivity index (χ3v) is 12.1. The van der Waals surface area contributed by atoms with E-state index in [1.54, 1.807) is 50.5 Å². The highest BCUT2D eigenvalue weighted by Gasteiger charge is 2.47. The number of carbonyl (C=O) groups excluding carboxylic acids is 2. The lowest BCUT2D eigenvalue weighted by Crippen LogP contribution is -2.63. The molecule has 0 saturated carbocycles. The molecular formula is C43H71N5O13. The summed E-state index contributed by atoms with van der Waals surface area (Å²) in [5, 5.41) is 56.6. The van der Waals surface area contributed by atoms with Gasteiger partial charge in [-0.3, -0.25) is 14.3 Å². The Kier molecular flexibility index (Phi) is 19.2. The number of allylic oxidation sites excluding steroid dienone is 3. The molecule has 4 rings (SSSR count). The number of ether oxygens (including phenoxy) is 7. The number of aryl methyl sites for hydroxylation is 1. The molecule has 5 N–H and O–H groups in total. The summed E-state index contributed by atoms with van der Waals surface area (Å²) in [7, 11) is 8.18. The molecule has 0 amide bonds. The fraction of sp³-hybridized carbons (Fsp3) is 0.767. The van der Waals surface area contributed by atoms with Crippen molar-refractivity contribution in [3.63, 3.8) is 0 Å². The number of esters is 1. The Bertz CT molecular complexity index is 1650. The summed E-state index contributed by atoms with van der Waals surface area (Å²) in [5.41, 5.74) is 1.46. The van der Waals surface area contributed by atoms with Gasteiger partial charge < -0.3 is 63.8 Å². The van der Waals surface area contributed by atoms with Crippen molar-refractivity contribution >= 4 is 11.8 Å². The highest BCUT2D eigenvalue weighted by Crippen LogP contribution is 2.35. The molecule has 1 saturated heterocycles. The smallest absolute Gasteiger partial charge is 0.322 e. The zero-order valence-corrected chi connectivity index (χ0v) is 37.7. The van der Waals surface area contributed by atoms with Crippen molar-refractivity contribution in [1.29, 1.82) is 0 Å². The fourth-order valence-corrected chi connectivity index (χ4v) is 8.39. The summed E-state index contributed by atoms with van der Waals surface area (Å²) in [6.45, 7) is 11.6. The van der Waals surface area contributed by atoms with E-state index in [1.165, 1.54) is 20.3 Å². The highest BCUT2D eigenvalue weighted by molar-refractivity contribution is 5.91. The van der Waals surface area contributed by atoms with E-state index >= 15 is 0 Å². The number of aliphatic hydroxyl groups is 4. The molecule has 0 radical (unpaired) electrons. The van der Waals surface area contributed by atoms with Gasteiger partial charge in [0.2, 0.25) is 5.76 Å². The normalized spacial score (nSPS) is 37.4. The van der Waals surface area contributed by atoms with Gasteiger partial charge >= 0.3 is 11.9 Å². The minimum absolute atomic E-state index is 0.0333. The lowest BCUT2D eigenvalue weighted by Gasteiger charge is -2.46. The van der Waals surface area contributed by atoms with Crippen LogP contribution in [0.3, 0.4) is 0 Å². The molecule has 18 heteroatoms. The molecule has 0 bridgehead atoms. The molecule has 0 aliphatic carbocycles. The Hall–Kier alpha value is -3.46. The maximum atomic E-state index is 13.9. The molecule has 346 valence electrons. The van der Waals surface area contributed by atoms with E-state index in [0.717, 1.165) is 5.69 Å². The van der Waals surface area contributed by atoms with Gasteiger partial charge in [-0.1, -0.05) is 43.7 Å². The van der Waals surface area contributed by atoms with Crippen LogP contribution in [0.15, 0.2) is 41.7 Å². The molecular weight excluding hydrogens is 794 g/mol. The third-order valence-electron chi connectivity index (χ3n) is 12.1. The van der Waals surface area contributed by atoms with Gasteiger partial charge in [0.15, 0.2) is 18.2 Å². The van der Waals surface area contributed by atoms with E-state index in [-0.39, 0.29) is 30.5 Å². The lowest BCUT2D eigenvalue weighted by atomic mass is 9.79. The molecule has 0 aromatic carbocycles. The second-order valence-corrected chi connectivity index (χ2v) is 16.9. The lowest BCUT2D eigenvalue weighted by molar-refractivity contribution is -0.304. The number of nitrogens with one attached hydrogen (secondary N) is 1. The second kappa shape index (κ2) is 23.3. The zero-order valence-electron chi connectivity index (χ0n) is 37.7. The standard InChI is InChI=1S/C43H71N5O13/c1-12-33-29(22-57-43-41(56-11)40(55-10)37(53)27(6)59-43)17-23(2)13-14-31(49)24(3)18-28(15-16-48-21-30(20-44-7)45-46-48)39(25(4)32(50)19-34(51)60-33)61-42-38(54)35(47(8)9)36(52)26(5)58-42/h13-14,17,21,24-29,32-33,35-40,42,44,50,52-54H,12,15-16,18-20,22H2,1-11H3/b14-13+,23-17+/t24-,25+,26-,27?,28+,29-,32-,33-,35?,36-,37-,38?,39-,40+,42+/m1/s1. The minimum Gasteiger partial charge on any atom is -0.492 e. The van der Waals surface area contributed by atoms with Crippen molar-refractivity contribution in [2.45, 2.75) is 148 Å². The van der Waals surface area contributed by atoms with Crippen LogP contribution in [0.25, 0.3) is 0 Å². The fourth-order valence-electron chi connectivity index (χ4n) is 8.39. The molecule has 4 heterocycles. The van der Waals surface area contributed by atoms with Crippen molar-refractivity contribution < 1.29 is 63.2 Å². The molecule has 61 heavy (non-hydrogen) atoms. The van der Waals surface area contributed by atoms with Crippen LogP contribution in [-0.4, -0.2) is 161 Å². The average Bonchev–Trinajstić information content (AvgIpc) is 3.67. The molecule has 3 aliphatic rings. The van der Waals surface area contributed by atoms with E-state index in [0.29, 0.717) is 37.9 Å². The number of rotatable bonds is 14. The van der Waals surface area contributed by atoms with Crippen LogP contribution in [0.2, 0.25) is 0 Å². The SMILES string of the molecule is CC[C@H]1OC(=O)C[C@@H](O)[C@H](C)[C@@H](O[C@@H]2O[C@H](C)[C@@H](O)C(N(C)C)C2O)[C@@H](CCn2cc(CNC)nn2)C[C@@H](C)C(=O)/C=C/C(C)=C/[C@@H]1COC1=C(OC)[C@@H](OC)[C@H](O)C(C)O1. The summed E-state index contributed by atoms with van der Waals surface area (Å²) in [6, 6.07) is -0.724. The molecule has 3 aliphatic heterocycles. The maximum Gasteiger partial charge on any atom is 0.322 e. The molecule has 1 aromatic rings. The summed E-state index contributed by atoms with van der Waals surface area (Å²) < 4.78 is 43.7. The first kappa shape index (κ1) is 50.2. The number of cyclic esters (lactones) is 1. The predicted molar refractivity (Wildman–Crippen MR) is 222 cm³/mol. The number of aromatic nitrogens is 3. The molecule has 1 fully saturated rings. The average molecular weight is 866 g/mol. The first-order valence-corrected chi connectivity index (χ1v) is 21.4. The Balaban J connectivity index is 1.71. The number of carbonyl (C=O) groups is 2. The van der Waals surface area contributed by atoms with Crippen LogP contribution in [0.4, 0.5) is 0 Å². The number of hydrogen-bond acceptors (Lipinski definition) is 17. The Morgan fingerprint density at radius 2 is 1.72 bits per heavy atom. The second-order valence-electron chi connectivity index (χ2n) is 16.9. The summed E-state index contributed by atoms with van der Waals surface area (Å²) in [4.78, 5) is 29.4. The van der Waals surface area contributed by atoms with Crippen molar-refractivity contribution in [3.8, 4) is 0 Å². The van der Waals surface area contributed by atoms with Gasteiger partial charge in [0.1, 0.15) is 31.0 Å². The molecule has 0 spiro atoms. The summed E-state index contributed by atoms with van der Waals surface area (Å²) >= 11 is 0. The molecule has 1 aromatic heterocycles. The van der Waals surface area contributed by atoms with E-state index in [4.69, 9.17) is 33.2 Å². The van der Waals surface area contributed by atoms with Crippen molar-refractivity contribution in [2.24, 2.45) is 23.7 Å². The van der Waals surface area contributed by atoms with Gasteiger partial charge in [0.05, 0.1) is 49.7 Å². The zero-order chi connectivity index (χ0) is 45.1. The van der Waals surface area contributed by atoms with E-state index in [2.05, 4.69) is 15.6 Å². The van der Waals surface area contributed by atoms with Crippen molar-refractivity contribution in [2.75, 3.05) is 42.0 Å². The van der Waals surface area contributed by atoms with Crippen molar-refractivity contribution in [3.05, 3.63) is 47.4 Å². The van der Waals surface area contributed by atoms with E-state index in [1.807, 2.05) is 40.1 Å². The van der Waals surface area contributed by atoms with E-state index < -0.39 is 96.9 Å². The number of hydrogen-bond donors (Lipinski definition) is 5. The monoisotopic (exact) mass is 866 g/mol. The number of methoxy groups -OCH3 is 2. The number of likely N-dealkylation sites (N-methyl/N-ethyl adjacent to an activating group) is 1. The largest absolute Gasteiger partial charge is 0.492 e. The predicted octanol–water partition coefficient (Wildman–Crippen LogP) is 1.85. The van der Waals surface area contributed by atoms with Gasteiger partial charge in [0, 0.05) is 44.1 Å². The minimum atomic E-state index is -1.28. The Labute approximate surface area is 360 Å². The molecule has 15 atom stereocenters. The van der Waals surface area contributed by atoms with Crippen LogP contribution in [0.1, 0.15) is 72.9 Å². The highest BCUT2D eigenvalue weighted by atomic mass is 16.7. The first-order chi connectivity index (χ1) is 28.9. The Morgan fingerprint density at radius 1 is 1.00 bits per heavy atom. The van der Waals surface area contributed by atoms with Gasteiger partial charge in [-0.15, -0.1) is 5.10 Å². The quantitative estimate of drug-likeness (QED) is 0.168. The van der Waals surface area contributed by atoms with Crippen molar-refractivity contribution in [1.82, 2.24) is 25.2 Å². The number of aliphatic hydroxyl groups excluding tert-OH is 4. The van der Waals surface area contributed by atoms with Gasteiger partial charge in [-0.05, 0) is 73.2 Å².